The maximum Gasteiger partial charge on any atom is 0.151 e. The number of hydrogen-bond donors (Lipinski definition) is 0. The molecule has 19 heavy (non-hydrogen) atoms. The molecule has 0 bridgehead atoms. The van der Waals surface area contributed by atoms with E-state index >= 15 is 0 Å². The summed E-state index contributed by atoms with van der Waals surface area (Å²) in [5.74, 6) is 0.861. The van der Waals surface area contributed by atoms with Crippen LogP contribution in [0.3, 0.4) is 0 Å². The Balaban J connectivity index is 1.80. The molecular weight excluding hydrogens is 238 g/mol. The Bertz CT molecular complexity index is 561. The van der Waals surface area contributed by atoms with Crippen molar-refractivity contribution in [2.45, 2.75) is 6.92 Å². The van der Waals surface area contributed by atoms with Crippen LogP contribution in [-0.2, 0) is 0 Å². The van der Waals surface area contributed by atoms with Gasteiger partial charge in [0.05, 0.1) is 5.71 Å². The summed E-state index contributed by atoms with van der Waals surface area (Å²) in [5, 5.41) is 7.92. The van der Waals surface area contributed by atoms with Gasteiger partial charge in [0.2, 0.25) is 0 Å². The predicted octanol–water partition coefficient (Wildman–Crippen LogP) is 2.40. The molecule has 2 aromatic rings. The van der Waals surface area contributed by atoms with Crippen LogP contribution in [0.2, 0.25) is 0 Å². The van der Waals surface area contributed by atoms with Crippen LogP contribution in [-0.4, -0.2) is 48.8 Å². The molecule has 0 radical (unpaired) electrons. The average Bonchev–Trinajstić information content (AvgIpc) is 2.85. The van der Waals surface area contributed by atoms with Crippen LogP contribution in [0.5, 0.6) is 0 Å². The Morgan fingerprint density at radius 3 is 2.63 bits per heavy atom. The number of rotatable bonds is 2. The second kappa shape index (κ2) is 5.05. The van der Waals surface area contributed by atoms with Crippen molar-refractivity contribution in [3.8, 4) is 0 Å². The van der Waals surface area contributed by atoms with E-state index in [1.807, 2.05) is 25.1 Å². The topological polar surface area (TPSA) is 32.0 Å². The van der Waals surface area contributed by atoms with Gasteiger partial charge in [-0.1, -0.05) is 18.2 Å². The first kappa shape index (κ1) is 12.2. The zero-order chi connectivity index (χ0) is 13.2. The molecule has 100 valence electrons. The quantitative estimate of drug-likeness (QED) is 0.774. The molecule has 0 N–H and O–H groups in total. The minimum atomic E-state index is 0.861. The number of hydrazone groups is 1. The van der Waals surface area contributed by atoms with Gasteiger partial charge in [0, 0.05) is 31.6 Å². The molecule has 0 amide bonds. The number of para-hydroxylation sites is 1. The smallest absolute Gasteiger partial charge is 0.151 e. The number of fused-ring (bicyclic) bond motifs is 1. The normalized spacial score (nSPS) is 18.2. The van der Waals surface area contributed by atoms with Crippen molar-refractivity contribution in [1.82, 2.24) is 9.91 Å². The number of nitrogens with zero attached hydrogens (tertiary/aromatic N) is 3. The molecule has 2 heterocycles. The van der Waals surface area contributed by atoms with E-state index in [9.17, 15) is 0 Å². The van der Waals surface area contributed by atoms with Gasteiger partial charge in [-0.25, -0.2) is 0 Å². The molecule has 1 saturated heterocycles. The largest absolute Gasteiger partial charge is 0.455 e. The molecule has 1 aliphatic heterocycles. The molecule has 0 saturated carbocycles. The summed E-state index contributed by atoms with van der Waals surface area (Å²) < 4.78 is 5.82. The van der Waals surface area contributed by atoms with Gasteiger partial charge in [0.1, 0.15) is 5.58 Å². The van der Waals surface area contributed by atoms with E-state index in [4.69, 9.17) is 4.42 Å². The molecule has 1 fully saturated rings. The van der Waals surface area contributed by atoms with Crippen LogP contribution in [0.4, 0.5) is 0 Å². The van der Waals surface area contributed by atoms with Crippen molar-refractivity contribution in [3.05, 3.63) is 36.1 Å². The van der Waals surface area contributed by atoms with Crippen LogP contribution in [0, 0.1) is 0 Å². The molecular formula is C15H19N3O. The number of benzene rings is 1. The Hall–Kier alpha value is -1.81. The molecule has 0 unspecified atom stereocenters. The fourth-order valence-electron chi connectivity index (χ4n) is 2.32. The van der Waals surface area contributed by atoms with Gasteiger partial charge in [-0.05, 0) is 26.1 Å². The van der Waals surface area contributed by atoms with Crippen molar-refractivity contribution in [1.29, 1.82) is 0 Å². The van der Waals surface area contributed by atoms with Gasteiger partial charge in [-0.2, -0.15) is 5.10 Å². The average molecular weight is 257 g/mol. The Morgan fingerprint density at radius 1 is 1.16 bits per heavy atom. The monoisotopic (exact) mass is 257 g/mol. The van der Waals surface area contributed by atoms with Crippen molar-refractivity contribution >= 4 is 16.7 Å². The van der Waals surface area contributed by atoms with E-state index in [1.165, 1.54) is 0 Å². The molecule has 1 aromatic heterocycles. The summed E-state index contributed by atoms with van der Waals surface area (Å²) in [7, 11) is 2.15. The van der Waals surface area contributed by atoms with Gasteiger partial charge >= 0.3 is 0 Å². The maximum absolute atomic E-state index is 5.82. The van der Waals surface area contributed by atoms with Crippen LogP contribution in [0.1, 0.15) is 12.7 Å². The fourth-order valence-corrected chi connectivity index (χ4v) is 2.32. The number of likely N-dealkylation sites (N-methyl/N-ethyl adjacent to an activating group) is 1. The van der Waals surface area contributed by atoms with Crippen molar-refractivity contribution in [3.63, 3.8) is 0 Å². The standard InChI is InChI=1S/C15H19N3O/c1-12(16-18-9-7-17(2)8-10-18)15-11-13-5-3-4-6-14(13)19-15/h3-6,11H,7-10H2,1-2H3. The molecule has 0 aliphatic carbocycles. The third-order valence-corrected chi connectivity index (χ3v) is 3.55. The van der Waals surface area contributed by atoms with Crippen LogP contribution < -0.4 is 0 Å². The summed E-state index contributed by atoms with van der Waals surface area (Å²) in [6, 6.07) is 10.1. The second-order valence-corrected chi connectivity index (χ2v) is 5.09. The molecule has 4 heteroatoms. The third-order valence-electron chi connectivity index (χ3n) is 3.55. The van der Waals surface area contributed by atoms with Gasteiger partial charge in [-0.3, -0.25) is 5.01 Å². The lowest BCUT2D eigenvalue weighted by Gasteiger charge is -2.30. The van der Waals surface area contributed by atoms with Gasteiger partial charge in [0.15, 0.2) is 5.76 Å². The Morgan fingerprint density at radius 2 is 1.89 bits per heavy atom. The van der Waals surface area contributed by atoms with E-state index in [2.05, 4.69) is 34.2 Å². The first-order chi connectivity index (χ1) is 9.22. The van der Waals surface area contributed by atoms with Crippen molar-refractivity contribution < 1.29 is 4.42 Å². The number of furan rings is 1. The second-order valence-electron chi connectivity index (χ2n) is 5.09. The third kappa shape index (κ3) is 2.63. The van der Waals surface area contributed by atoms with E-state index in [0.717, 1.165) is 48.6 Å². The van der Waals surface area contributed by atoms with Gasteiger partial charge < -0.3 is 9.32 Å². The summed E-state index contributed by atoms with van der Waals surface area (Å²) in [4.78, 5) is 2.32. The van der Waals surface area contributed by atoms with E-state index < -0.39 is 0 Å². The van der Waals surface area contributed by atoms with Crippen LogP contribution >= 0.6 is 0 Å². The first-order valence-corrected chi connectivity index (χ1v) is 6.70. The van der Waals surface area contributed by atoms with Crippen molar-refractivity contribution in [2.24, 2.45) is 5.10 Å². The van der Waals surface area contributed by atoms with E-state index in [0.29, 0.717) is 0 Å². The highest BCUT2D eigenvalue weighted by Crippen LogP contribution is 2.19. The molecule has 1 aliphatic rings. The van der Waals surface area contributed by atoms with Crippen LogP contribution in [0.25, 0.3) is 11.0 Å². The molecule has 1 aromatic carbocycles. The van der Waals surface area contributed by atoms with E-state index in [1.54, 1.807) is 0 Å². The zero-order valence-corrected chi connectivity index (χ0v) is 11.5. The Kier molecular flexibility index (Phi) is 3.25. The van der Waals surface area contributed by atoms with Crippen molar-refractivity contribution in [2.75, 3.05) is 33.2 Å². The predicted molar refractivity (Wildman–Crippen MR) is 77.5 cm³/mol. The number of hydrogen-bond acceptors (Lipinski definition) is 4. The lowest BCUT2D eigenvalue weighted by Crippen LogP contribution is -2.42. The Labute approximate surface area is 113 Å². The lowest BCUT2D eigenvalue weighted by molar-refractivity contribution is 0.159. The van der Waals surface area contributed by atoms with Crippen LogP contribution in [0.15, 0.2) is 39.9 Å². The highest BCUT2D eigenvalue weighted by molar-refractivity contribution is 5.99. The summed E-state index contributed by atoms with van der Waals surface area (Å²) in [6.07, 6.45) is 0. The highest BCUT2D eigenvalue weighted by atomic mass is 16.3. The SMILES string of the molecule is CC(=NN1CCN(C)CC1)c1cc2ccccc2o1. The summed E-state index contributed by atoms with van der Waals surface area (Å²) in [5.41, 5.74) is 1.87. The molecule has 4 nitrogen and oxygen atoms in total. The first-order valence-electron chi connectivity index (χ1n) is 6.70. The van der Waals surface area contributed by atoms with Gasteiger partial charge in [-0.15, -0.1) is 0 Å². The molecule has 0 atom stereocenters. The zero-order valence-electron chi connectivity index (χ0n) is 11.5. The minimum absolute atomic E-state index is 0.861. The number of piperazine rings is 1. The highest BCUT2D eigenvalue weighted by Gasteiger charge is 2.13. The summed E-state index contributed by atoms with van der Waals surface area (Å²) >= 11 is 0. The molecule has 3 rings (SSSR count). The fraction of sp³-hybridized carbons (Fsp3) is 0.400. The van der Waals surface area contributed by atoms with Gasteiger partial charge in [0.25, 0.3) is 0 Å². The lowest BCUT2D eigenvalue weighted by atomic mass is 10.2. The maximum atomic E-state index is 5.82. The van der Waals surface area contributed by atoms with E-state index in [-0.39, 0.29) is 0 Å². The summed E-state index contributed by atoms with van der Waals surface area (Å²) in [6.45, 7) is 6.10. The minimum Gasteiger partial charge on any atom is -0.455 e. The molecule has 0 spiro atoms.